The first-order valence-corrected chi connectivity index (χ1v) is 10.7. The average molecular weight is 390 g/mol. The molecule has 3 aromatic rings. The minimum atomic E-state index is -3.90. The highest BCUT2D eigenvalue weighted by Crippen LogP contribution is 2.29. The number of rotatable bonds is 4. The number of carbonyl (C=O) groups excluding carboxylic acids is 1. The normalized spacial score (nSPS) is 14.8. The van der Waals surface area contributed by atoms with Gasteiger partial charge in [0.05, 0.1) is 4.88 Å². The molecule has 0 aliphatic heterocycles. The number of aromatic nitrogens is 2. The van der Waals surface area contributed by atoms with Crippen LogP contribution in [0.1, 0.15) is 39.4 Å². The Morgan fingerprint density at radius 2 is 2.08 bits per heavy atom. The monoisotopic (exact) mass is 390 g/mol. The fourth-order valence-corrected chi connectivity index (χ4v) is 5.32. The van der Waals surface area contributed by atoms with Gasteiger partial charge in [-0.2, -0.15) is 0 Å². The van der Waals surface area contributed by atoms with Gasteiger partial charge >= 0.3 is 0 Å². The molecule has 136 valence electrons. The molecule has 0 radical (unpaired) electrons. The number of hydrogen-bond donors (Lipinski definition) is 3. The zero-order valence-electron chi connectivity index (χ0n) is 13.9. The minimum absolute atomic E-state index is 0.0443. The Bertz CT molecular complexity index is 1050. The van der Waals surface area contributed by atoms with Crippen molar-refractivity contribution in [2.45, 2.75) is 37.0 Å². The highest BCUT2D eigenvalue weighted by atomic mass is 32.2. The first-order valence-electron chi connectivity index (χ1n) is 8.40. The van der Waals surface area contributed by atoms with E-state index < -0.39 is 15.9 Å². The van der Waals surface area contributed by atoms with Crippen molar-refractivity contribution < 1.29 is 13.2 Å². The van der Waals surface area contributed by atoms with Crippen molar-refractivity contribution in [2.24, 2.45) is 0 Å². The van der Waals surface area contributed by atoms with E-state index in [0.29, 0.717) is 15.9 Å². The lowest BCUT2D eigenvalue weighted by molar-refractivity contribution is 0.0949. The standard InChI is InChI=1S/C17H18N4O3S2/c22-17(14-9-11-5-2-1-3-7-13(11)25-14)20-21-26(23,24)15-10-19-16-12(15)6-4-8-18-16/h4,6,8-10,21H,1-3,5,7H2,(H,18,19)(H,20,22). The van der Waals surface area contributed by atoms with Gasteiger partial charge in [-0.05, 0) is 49.4 Å². The molecule has 3 heterocycles. The topological polar surface area (TPSA) is 104 Å². The largest absolute Gasteiger partial charge is 0.345 e. The summed E-state index contributed by atoms with van der Waals surface area (Å²) >= 11 is 1.44. The summed E-state index contributed by atoms with van der Waals surface area (Å²) in [5.41, 5.74) is 4.00. The molecule has 1 amide bonds. The van der Waals surface area contributed by atoms with E-state index in [9.17, 15) is 13.2 Å². The van der Waals surface area contributed by atoms with Crippen LogP contribution in [0.4, 0.5) is 0 Å². The lowest BCUT2D eigenvalue weighted by atomic mass is 10.1. The summed E-state index contributed by atoms with van der Waals surface area (Å²) in [6.07, 6.45) is 8.38. The van der Waals surface area contributed by atoms with Crippen LogP contribution in [0.3, 0.4) is 0 Å². The predicted molar refractivity (Wildman–Crippen MR) is 99.5 cm³/mol. The van der Waals surface area contributed by atoms with Crippen LogP contribution >= 0.6 is 11.3 Å². The smallest absolute Gasteiger partial charge is 0.276 e. The van der Waals surface area contributed by atoms with Crippen LogP contribution in [-0.4, -0.2) is 24.3 Å². The van der Waals surface area contributed by atoms with Gasteiger partial charge in [-0.25, -0.2) is 13.4 Å². The fraction of sp³-hybridized carbons (Fsp3) is 0.294. The molecule has 0 unspecified atom stereocenters. The molecule has 0 aromatic carbocycles. The number of thiophene rings is 1. The van der Waals surface area contributed by atoms with E-state index >= 15 is 0 Å². The van der Waals surface area contributed by atoms with Crippen LogP contribution < -0.4 is 10.3 Å². The molecule has 9 heteroatoms. The predicted octanol–water partition coefficient (Wildman–Crippen LogP) is 2.52. The molecule has 7 nitrogen and oxygen atoms in total. The van der Waals surface area contributed by atoms with E-state index in [2.05, 4.69) is 20.2 Å². The third-order valence-electron chi connectivity index (χ3n) is 4.47. The zero-order chi connectivity index (χ0) is 18.1. The number of nitrogens with one attached hydrogen (secondary N) is 3. The number of amides is 1. The maximum atomic E-state index is 12.5. The molecular formula is C17H18N4O3S2. The molecule has 0 atom stereocenters. The van der Waals surface area contributed by atoms with Crippen molar-refractivity contribution >= 4 is 38.3 Å². The van der Waals surface area contributed by atoms with Gasteiger partial charge in [0.2, 0.25) is 0 Å². The molecule has 0 saturated heterocycles. The number of H-pyrrole nitrogens is 1. The number of carbonyl (C=O) groups is 1. The van der Waals surface area contributed by atoms with E-state index in [1.54, 1.807) is 18.3 Å². The van der Waals surface area contributed by atoms with Crippen LogP contribution in [0.25, 0.3) is 11.0 Å². The molecular weight excluding hydrogens is 372 g/mol. The van der Waals surface area contributed by atoms with Crippen LogP contribution in [0.5, 0.6) is 0 Å². The Hall–Kier alpha value is -2.23. The number of nitrogens with zero attached hydrogens (tertiary/aromatic N) is 1. The number of hydrazine groups is 1. The van der Waals surface area contributed by atoms with Gasteiger partial charge in [0, 0.05) is 22.7 Å². The summed E-state index contributed by atoms with van der Waals surface area (Å²) in [4.78, 5) is 23.2. The van der Waals surface area contributed by atoms with Crippen molar-refractivity contribution in [2.75, 3.05) is 0 Å². The van der Waals surface area contributed by atoms with Crippen molar-refractivity contribution in [3.05, 3.63) is 45.9 Å². The first kappa shape index (κ1) is 17.2. The molecule has 3 aromatic heterocycles. The zero-order valence-corrected chi connectivity index (χ0v) is 15.5. The second-order valence-electron chi connectivity index (χ2n) is 6.23. The average Bonchev–Trinajstić information content (AvgIpc) is 3.19. The second kappa shape index (κ2) is 6.82. The number of pyridine rings is 1. The van der Waals surface area contributed by atoms with Crippen molar-refractivity contribution in [3.63, 3.8) is 0 Å². The highest BCUT2D eigenvalue weighted by molar-refractivity contribution is 7.89. The molecule has 1 aliphatic carbocycles. The van der Waals surface area contributed by atoms with Gasteiger partial charge in [-0.1, -0.05) is 6.42 Å². The Morgan fingerprint density at radius 1 is 1.23 bits per heavy atom. The number of aromatic amines is 1. The van der Waals surface area contributed by atoms with E-state index in [0.717, 1.165) is 25.7 Å². The highest BCUT2D eigenvalue weighted by Gasteiger charge is 2.22. The third kappa shape index (κ3) is 3.25. The Kier molecular flexibility index (Phi) is 4.51. The van der Waals surface area contributed by atoms with E-state index in [1.165, 1.54) is 34.4 Å². The summed E-state index contributed by atoms with van der Waals surface area (Å²) < 4.78 is 25.0. The van der Waals surface area contributed by atoms with Crippen molar-refractivity contribution in [1.29, 1.82) is 0 Å². The lowest BCUT2D eigenvalue weighted by Crippen LogP contribution is -2.41. The van der Waals surface area contributed by atoms with Gasteiger partial charge in [-0.3, -0.25) is 10.2 Å². The van der Waals surface area contributed by atoms with E-state index in [-0.39, 0.29) is 4.90 Å². The Balaban J connectivity index is 1.50. The molecule has 4 rings (SSSR count). The number of hydrogen-bond acceptors (Lipinski definition) is 5. The van der Waals surface area contributed by atoms with E-state index in [4.69, 9.17) is 0 Å². The minimum Gasteiger partial charge on any atom is -0.345 e. The Morgan fingerprint density at radius 3 is 2.96 bits per heavy atom. The van der Waals surface area contributed by atoms with Crippen molar-refractivity contribution in [1.82, 2.24) is 20.2 Å². The first-order chi connectivity index (χ1) is 12.5. The van der Waals surface area contributed by atoms with E-state index in [1.807, 2.05) is 6.07 Å². The molecule has 3 N–H and O–H groups in total. The van der Waals surface area contributed by atoms with Crippen LogP contribution in [0, 0.1) is 0 Å². The third-order valence-corrected chi connectivity index (χ3v) is 7.00. The lowest BCUT2D eigenvalue weighted by Gasteiger charge is -2.06. The maximum absolute atomic E-state index is 12.5. The van der Waals surface area contributed by atoms with Gasteiger partial charge in [0.15, 0.2) is 0 Å². The number of aryl methyl sites for hydroxylation is 2. The van der Waals surface area contributed by atoms with Gasteiger partial charge < -0.3 is 4.98 Å². The number of fused-ring (bicyclic) bond motifs is 2. The molecule has 26 heavy (non-hydrogen) atoms. The summed E-state index contributed by atoms with van der Waals surface area (Å²) in [7, 11) is -3.90. The van der Waals surface area contributed by atoms with Gasteiger partial charge in [0.25, 0.3) is 15.9 Å². The van der Waals surface area contributed by atoms with Crippen LogP contribution in [0.2, 0.25) is 0 Å². The molecule has 0 fully saturated rings. The van der Waals surface area contributed by atoms with Gasteiger partial charge in [-0.15, -0.1) is 16.2 Å². The summed E-state index contributed by atoms with van der Waals surface area (Å²) in [6, 6.07) is 5.20. The summed E-state index contributed by atoms with van der Waals surface area (Å²) in [6.45, 7) is 0. The summed E-state index contributed by atoms with van der Waals surface area (Å²) in [5, 5.41) is 0.470. The van der Waals surface area contributed by atoms with Gasteiger partial charge in [0.1, 0.15) is 10.5 Å². The Labute approximate surface area is 154 Å². The molecule has 0 bridgehead atoms. The van der Waals surface area contributed by atoms with Crippen molar-refractivity contribution in [3.8, 4) is 0 Å². The maximum Gasteiger partial charge on any atom is 0.276 e. The molecule has 0 saturated carbocycles. The quantitative estimate of drug-likeness (QED) is 0.470. The van der Waals surface area contributed by atoms with Crippen LogP contribution in [0.15, 0.2) is 35.5 Å². The second-order valence-corrected chi connectivity index (χ2v) is 9.02. The number of sulfonamides is 1. The summed E-state index contributed by atoms with van der Waals surface area (Å²) in [5.74, 6) is -0.440. The molecule has 0 spiro atoms. The molecule has 1 aliphatic rings. The fourth-order valence-electron chi connectivity index (χ4n) is 3.16. The van der Waals surface area contributed by atoms with Crippen LogP contribution in [-0.2, 0) is 22.9 Å². The SMILES string of the molecule is O=C(NNS(=O)(=O)c1c[nH]c2ncccc12)c1cc2c(s1)CCCCC2.